The third-order valence-corrected chi connectivity index (χ3v) is 4.21. The first-order valence-corrected chi connectivity index (χ1v) is 7.97. The summed E-state index contributed by atoms with van der Waals surface area (Å²) in [5.74, 6) is 0.368. The van der Waals surface area contributed by atoms with E-state index in [9.17, 15) is 9.18 Å². The molecule has 1 heterocycles. The van der Waals surface area contributed by atoms with Gasteiger partial charge in [-0.05, 0) is 56.2 Å². The zero-order chi connectivity index (χ0) is 15.5. The van der Waals surface area contributed by atoms with Gasteiger partial charge < -0.3 is 14.8 Å². The first-order valence-electron chi connectivity index (χ1n) is 7.97. The van der Waals surface area contributed by atoms with Crippen molar-refractivity contribution in [3.63, 3.8) is 0 Å². The summed E-state index contributed by atoms with van der Waals surface area (Å²) in [5.41, 5.74) is 0.725. The summed E-state index contributed by atoms with van der Waals surface area (Å²) >= 11 is 0. The highest BCUT2D eigenvalue weighted by atomic mass is 19.1. The summed E-state index contributed by atoms with van der Waals surface area (Å²) in [6, 6.07) is 4.61. The molecule has 0 bridgehead atoms. The Hall–Kier alpha value is -1.62. The second-order valence-electron chi connectivity index (χ2n) is 6.18. The van der Waals surface area contributed by atoms with Gasteiger partial charge in [-0.15, -0.1) is 0 Å². The number of carbonyl (C=O) groups is 1. The molecule has 0 radical (unpaired) electrons. The van der Waals surface area contributed by atoms with Gasteiger partial charge in [0, 0.05) is 6.61 Å². The molecule has 1 saturated heterocycles. The Morgan fingerprint density at radius 1 is 1.45 bits per heavy atom. The Morgan fingerprint density at radius 3 is 2.91 bits per heavy atom. The predicted octanol–water partition coefficient (Wildman–Crippen LogP) is 2.97. The lowest BCUT2D eigenvalue weighted by Gasteiger charge is -2.18. The van der Waals surface area contributed by atoms with Crippen molar-refractivity contribution < 1.29 is 18.7 Å². The minimum Gasteiger partial charge on any atom is -0.490 e. The van der Waals surface area contributed by atoms with Gasteiger partial charge in [0.25, 0.3) is 0 Å². The number of nitrogens with one attached hydrogen (secondary N) is 1. The largest absolute Gasteiger partial charge is 0.490 e. The highest BCUT2D eigenvalue weighted by Gasteiger charge is 2.25. The van der Waals surface area contributed by atoms with Crippen molar-refractivity contribution >= 4 is 5.91 Å². The Labute approximate surface area is 130 Å². The van der Waals surface area contributed by atoms with E-state index in [1.54, 1.807) is 12.1 Å². The van der Waals surface area contributed by atoms with Crippen LogP contribution >= 0.6 is 0 Å². The molecule has 1 amide bonds. The Morgan fingerprint density at radius 2 is 2.27 bits per heavy atom. The second-order valence-corrected chi connectivity index (χ2v) is 6.18. The third-order valence-electron chi connectivity index (χ3n) is 4.21. The van der Waals surface area contributed by atoms with Gasteiger partial charge in [0.2, 0.25) is 5.91 Å². The normalized spacial score (nSPS) is 22.4. The molecule has 4 nitrogen and oxygen atoms in total. The average Bonchev–Trinajstić information content (AvgIpc) is 3.16. The maximum absolute atomic E-state index is 14.1. The van der Waals surface area contributed by atoms with Crippen molar-refractivity contribution in [3.05, 3.63) is 29.6 Å². The van der Waals surface area contributed by atoms with Gasteiger partial charge in [0.1, 0.15) is 6.10 Å². The van der Waals surface area contributed by atoms with Crippen molar-refractivity contribution in [2.24, 2.45) is 5.92 Å². The number of ether oxygens (including phenoxy) is 2. The quantitative estimate of drug-likeness (QED) is 0.879. The van der Waals surface area contributed by atoms with Crippen LogP contribution in [0.5, 0.6) is 5.75 Å². The van der Waals surface area contributed by atoms with Crippen LogP contribution in [0.15, 0.2) is 18.2 Å². The van der Waals surface area contributed by atoms with Crippen LogP contribution in [0.4, 0.5) is 4.39 Å². The topological polar surface area (TPSA) is 47.6 Å². The fourth-order valence-corrected chi connectivity index (χ4v) is 2.57. The minimum atomic E-state index is -0.378. The molecule has 120 valence electrons. The number of hydrogen-bond donors (Lipinski definition) is 1. The lowest BCUT2D eigenvalue weighted by Crippen LogP contribution is -2.35. The van der Waals surface area contributed by atoms with E-state index >= 15 is 0 Å². The first kappa shape index (κ1) is 15.3. The number of hydrogen-bond acceptors (Lipinski definition) is 3. The molecule has 2 aliphatic rings. The van der Waals surface area contributed by atoms with Crippen LogP contribution in [-0.2, 0) is 9.53 Å². The number of benzene rings is 1. The van der Waals surface area contributed by atoms with E-state index in [4.69, 9.17) is 9.47 Å². The Balaban J connectivity index is 1.57. The molecule has 1 aliphatic heterocycles. The van der Waals surface area contributed by atoms with Crippen molar-refractivity contribution in [2.45, 2.75) is 44.8 Å². The fraction of sp³-hybridized carbons (Fsp3) is 0.588. The van der Waals surface area contributed by atoms with E-state index < -0.39 is 0 Å². The molecule has 1 saturated carbocycles. The molecule has 5 heteroatoms. The first-order chi connectivity index (χ1) is 10.6. The van der Waals surface area contributed by atoms with E-state index in [0.717, 1.165) is 18.4 Å². The van der Waals surface area contributed by atoms with Crippen LogP contribution in [-0.4, -0.2) is 25.2 Å². The SMILES string of the molecule is C[C@H](NC(=O)[C@@H]1CCCO1)c1ccc(OCC2CC2)c(F)c1. The molecule has 1 aromatic rings. The summed E-state index contributed by atoms with van der Waals surface area (Å²) in [7, 11) is 0. The van der Waals surface area contributed by atoms with E-state index in [1.807, 2.05) is 6.92 Å². The van der Waals surface area contributed by atoms with E-state index in [-0.39, 0.29) is 29.6 Å². The van der Waals surface area contributed by atoms with Gasteiger partial charge in [-0.2, -0.15) is 0 Å². The molecule has 1 aliphatic carbocycles. The van der Waals surface area contributed by atoms with E-state index in [0.29, 0.717) is 19.1 Å². The number of halogens is 1. The van der Waals surface area contributed by atoms with Gasteiger partial charge in [0.15, 0.2) is 11.6 Å². The van der Waals surface area contributed by atoms with Gasteiger partial charge in [-0.1, -0.05) is 6.07 Å². The van der Waals surface area contributed by atoms with Crippen LogP contribution in [0.1, 0.15) is 44.2 Å². The zero-order valence-electron chi connectivity index (χ0n) is 12.8. The number of amides is 1. The number of rotatable bonds is 6. The van der Waals surface area contributed by atoms with Crippen molar-refractivity contribution in [1.29, 1.82) is 0 Å². The van der Waals surface area contributed by atoms with Gasteiger partial charge in [-0.25, -0.2) is 4.39 Å². The summed E-state index contributed by atoms with van der Waals surface area (Å²) in [5, 5.41) is 2.87. The summed E-state index contributed by atoms with van der Waals surface area (Å²) in [6.07, 6.45) is 3.64. The van der Waals surface area contributed by atoms with Gasteiger partial charge in [0.05, 0.1) is 12.6 Å². The highest BCUT2D eigenvalue weighted by molar-refractivity contribution is 5.81. The molecule has 2 atom stereocenters. The maximum Gasteiger partial charge on any atom is 0.249 e. The maximum atomic E-state index is 14.1. The standard InChI is InChI=1S/C17H22FNO3/c1-11(19-17(20)16-3-2-8-21-16)13-6-7-15(14(18)9-13)22-10-12-4-5-12/h6-7,9,11-12,16H,2-5,8,10H2,1H3,(H,19,20)/t11-,16-/m0/s1. The summed E-state index contributed by atoms with van der Waals surface area (Å²) < 4.78 is 24.9. The van der Waals surface area contributed by atoms with Gasteiger partial charge >= 0.3 is 0 Å². The molecular formula is C17H22FNO3. The van der Waals surface area contributed by atoms with Crippen LogP contribution in [0, 0.1) is 11.7 Å². The van der Waals surface area contributed by atoms with Crippen molar-refractivity contribution in [2.75, 3.05) is 13.2 Å². The van der Waals surface area contributed by atoms with Crippen LogP contribution in [0.25, 0.3) is 0 Å². The van der Waals surface area contributed by atoms with Crippen LogP contribution < -0.4 is 10.1 Å². The third kappa shape index (κ3) is 3.77. The van der Waals surface area contributed by atoms with Crippen LogP contribution in [0.2, 0.25) is 0 Å². The molecule has 3 rings (SSSR count). The molecule has 22 heavy (non-hydrogen) atoms. The van der Waals surface area contributed by atoms with Crippen LogP contribution in [0.3, 0.4) is 0 Å². The van der Waals surface area contributed by atoms with E-state index in [2.05, 4.69) is 5.32 Å². The molecule has 2 fully saturated rings. The average molecular weight is 307 g/mol. The summed E-state index contributed by atoms with van der Waals surface area (Å²) in [4.78, 5) is 12.0. The molecule has 1 N–H and O–H groups in total. The summed E-state index contributed by atoms with van der Waals surface area (Å²) in [6.45, 7) is 3.06. The fourth-order valence-electron chi connectivity index (χ4n) is 2.57. The Bertz CT molecular complexity index is 539. The molecule has 0 spiro atoms. The monoisotopic (exact) mass is 307 g/mol. The smallest absolute Gasteiger partial charge is 0.249 e. The van der Waals surface area contributed by atoms with Crippen molar-refractivity contribution in [1.82, 2.24) is 5.32 Å². The number of carbonyl (C=O) groups excluding carboxylic acids is 1. The highest BCUT2D eigenvalue weighted by Crippen LogP contribution is 2.30. The minimum absolute atomic E-state index is 0.125. The van der Waals surface area contributed by atoms with Gasteiger partial charge in [-0.3, -0.25) is 4.79 Å². The van der Waals surface area contributed by atoms with Crippen molar-refractivity contribution in [3.8, 4) is 5.75 Å². The zero-order valence-corrected chi connectivity index (χ0v) is 12.8. The Kier molecular flexibility index (Phi) is 4.62. The second kappa shape index (κ2) is 6.65. The molecule has 1 aromatic carbocycles. The molecule has 0 unspecified atom stereocenters. The molecular weight excluding hydrogens is 285 g/mol. The predicted molar refractivity (Wildman–Crippen MR) is 80.2 cm³/mol. The lowest BCUT2D eigenvalue weighted by atomic mass is 10.1. The van der Waals surface area contributed by atoms with E-state index in [1.165, 1.54) is 18.9 Å². The molecule has 0 aromatic heterocycles. The lowest BCUT2D eigenvalue weighted by molar-refractivity contribution is -0.130.